The van der Waals surface area contributed by atoms with E-state index in [0.717, 1.165) is 6.54 Å². The van der Waals surface area contributed by atoms with Gasteiger partial charge in [-0.3, -0.25) is 0 Å². The van der Waals surface area contributed by atoms with Gasteiger partial charge in [0, 0.05) is 6.20 Å². The van der Waals surface area contributed by atoms with E-state index in [9.17, 15) is 0 Å². The van der Waals surface area contributed by atoms with Gasteiger partial charge in [-0.15, -0.1) is 0 Å². The monoisotopic (exact) mass is 120 g/mol. The number of hydrogen-bond donors (Lipinski definition) is 2. The topological polar surface area (TPSA) is 24.1 Å². The summed E-state index contributed by atoms with van der Waals surface area (Å²) in [7, 11) is 0. The summed E-state index contributed by atoms with van der Waals surface area (Å²) in [6.45, 7) is 0.976. The minimum Gasteiger partial charge on any atom is -0.378 e. The van der Waals surface area contributed by atoms with Crippen molar-refractivity contribution in [3.05, 3.63) is 35.8 Å². The minimum absolute atomic E-state index is 0.976. The first kappa shape index (κ1) is 4.68. The van der Waals surface area contributed by atoms with Gasteiger partial charge >= 0.3 is 0 Å². The Kier molecular flexibility index (Phi) is 0.859. The third-order valence-corrected chi connectivity index (χ3v) is 1.51. The number of rotatable bonds is 0. The molecule has 2 nitrogen and oxygen atoms in total. The lowest BCUT2D eigenvalue weighted by Gasteiger charge is -2.22. The molecule has 2 N–H and O–H groups in total. The Labute approximate surface area is 53.9 Å². The number of hydrogen-bond acceptors (Lipinski definition) is 2. The van der Waals surface area contributed by atoms with Crippen LogP contribution in [0, 0.1) is 0 Å². The maximum absolute atomic E-state index is 3.18. The molecular weight excluding hydrogens is 112 g/mol. The van der Waals surface area contributed by atoms with Gasteiger partial charge in [0.1, 0.15) is 0 Å². The van der Waals surface area contributed by atoms with Crippen molar-refractivity contribution in [1.82, 2.24) is 10.6 Å². The summed E-state index contributed by atoms with van der Waals surface area (Å²) in [4.78, 5) is 0. The van der Waals surface area contributed by atoms with Crippen LogP contribution >= 0.6 is 0 Å². The largest absolute Gasteiger partial charge is 0.378 e. The summed E-state index contributed by atoms with van der Waals surface area (Å²) < 4.78 is 0. The van der Waals surface area contributed by atoms with Gasteiger partial charge in [-0.25, -0.2) is 0 Å². The van der Waals surface area contributed by atoms with E-state index < -0.39 is 0 Å². The van der Waals surface area contributed by atoms with Crippen LogP contribution in [0.3, 0.4) is 0 Å². The molecule has 0 amide bonds. The van der Waals surface area contributed by atoms with Crippen LogP contribution in [-0.4, -0.2) is 6.54 Å². The summed E-state index contributed by atoms with van der Waals surface area (Å²) in [5.74, 6) is 0. The Morgan fingerprint density at radius 2 is 2.33 bits per heavy atom. The Hall–Kier alpha value is -1.18. The highest BCUT2D eigenvalue weighted by Gasteiger charge is 2.12. The van der Waals surface area contributed by atoms with Gasteiger partial charge < -0.3 is 10.6 Å². The van der Waals surface area contributed by atoms with Gasteiger partial charge in [0.15, 0.2) is 0 Å². The molecule has 0 saturated heterocycles. The normalized spacial score (nSPS) is 21.3. The second-order valence-corrected chi connectivity index (χ2v) is 2.11. The predicted molar refractivity (Wildman–Crippen MR) is 36.4 cm³/mol. The van der Waals surface area contributed by atoms with E-state index in [0.29, 0.717) is 0 Å². The molecular formula is C7H8N2. The van der Waals surface area contributed by atoms with E-state index in [4.69, 9.17) is 0 Å². The van der Waals surface area contributed by atoms with Gasteiger partial charge in [0.25, 0.3) is 0 Å². The highest BCUT2D eigenvalue weighted by Crippen LogP contribution is 2.10. The molecule has 0 atom stereocenters. The number of nitrogens with one attached hydrogen (secondary N) is 2. The van der Waals surface area contributed by atoms with Crippen molar-refractivity contribution in [3.8, 4) is 0 Å². The van der Waals surface area contributed by atoms with E-state index >= 15 is 0 Å². The van der Waals surface area contributed by atoms with Gasteiger partial charge in [-0.1, -0.05) is 6.08 Å². The summed E-state index contributed by atoms with van der Waals surface area (Å²) in [6, 6.07) is 0. The molecule has 46 valence electrons. The van der Waals surface area contributed by atoms with Crippen LogP contribution in [0.1, 0.15) is 0 Å². The highest BCUT2D eigenvalue weighted by molar-refractivity contribution is 5.36. The van der Waals surface area contributed by atoms with Crippen molar-refractivity contribution in [2.24, 2.45) is 0 Å². The molecule has 0 aromatic carbocycles. The Balaban J connectivity index is 2.32. The van der Waals surface area contributed by atoms with Gasteiger partial charge in [0.05, 0.1) is 17.9 Å². The van der Waals surface area contributed by atoms with Crippen molar-refractivity contribution in [2.75, 3.05) is 6.54 Å². The van der Waals surface area contributed by atoms with Crippen LogP contribution in [0.4, 0.5) is 0 Å². The summed E-state index contributed by atoms with van der Waals surface area (Å²) in [6.07, 6.45) is 8.01. The maximum Gasteiger partial charge on any atom is 0.0576 e. The molecule has 0 aromatic rings. The van der Waals surface area contributed by atoms with Crippen LogP contribution in [0.15, 0.2) is 35.8 Å². The van der Waals surface area contributed by atoms with E-state index in [1.165, 1.54) is 11.4 Å². The smallest absolute Gasteiger partial charge is 0.0576 e. The molecule has 2 heterocycles. The zero-order valence-electron chi connectivity index (χ0n) is 5.02. The first-order valence-corrected chi connectivity index (χ1v) is 3.03. The second kappa shape index (κ2) is 1.65. The molecule has 0 aliphatic carbocycles. The predicted octanol–water partition coefficient (Wildman–Crippen LogP) is 0.474. The Bertz CT molecular complexity index is 211. The maximum atomic E-state index is 3.18. The van der Waals surface area contributed by atoms with Gasteiger partial charge in [-0.2, -0.15) is 0 Å². The third-order valence-electron chi connectivity index (χ3n) is 1.51. The molecule has 2 heteroatoms. The molecule has 0 saturated carbocycles. The van der Waals surface area contributed by atoms with Crippen molar-refractivity contribution < 1.29 is 0 Å². The zero-order valence-corrected chi connectivity index (χ0v) is 5.02. The third kappa shape index (κ3) is 0.633. The summed E-state index contributed by atoms with van der Waals surface area (Å²) in [5.41, 5.74) is 2.51. The molecule has 0 aromatic heterocycles. The lowest BCUT2D eigenvalue weighted by atomic mass is 10.2. The molecule has 2 aliphatic heterocycles. The fourth-order valence-corrected chi connectivity index (χ4v) is 0.923. The Morgan fingerprint density at radius 3 is 3.11 bits per heavy atom. The van der Waals surface area contributed by atoms with E-state index in [1.807, 2.05) is 18.4 Å². The van der Waals surface area contributed by atoms with Crippen LogP contribution < -0.4 is 10.6 Å². The fraction of sp³-hybridized carbons (Fsp3) is 0.143. The van der Waals surface area contributed by atoms with Crippen LogP contribution in [-0.2, 0) is 0 Å². The molecule has 0 spiro atoms. The van der Waals surface area contributed by atoms with Crippen molar-refractivity contribution in [3.63, 3.8) is 0 Å². The van der Waals surface area contributed by atoms with Gasteiger partial charge in [-0.05, 0) is 12.2 Å². The zero-order chi connectivity index (χ0) is 6.10. The highest BCUT2D eigenvalue weighted by atomic mass is 15.0. The molecule has 2 rings (SSSR count). The molecule has 9 heavy (non-hydrogen) atoms. The van der Waals surface area contributed by atoms with Crippen molar-refractivity contribution in [2.45, 2.75) is 0 Å². The average Bonchev–Trinajstić information content (AvgIpc) is 1.94. The molecule has 0 unspecified atom stereocenters. The second-order valence-electron chi connectivity index (χ2n) is 2.11. The standard InChI is InChI=1S/C7H8N2/c1-2-4-8-7-5-9-6(7)3-1/h1-4,8-9H,5H2. The Morgan fingerprint density at radius 1 is 1.33 bits per heavy atom. The van der Waals surface area contributed by atoms with E-state index in [1.54, 1.807) is 0 Å². The quantitative estimate of drug-likeness (QED) is 0.485. The van der Waals surface area contributed by atoms with E-state index in [-0.39, 0.29) is 0 Å². The van der Waals surface area contributed by atoms with Crippen LogP contribution in [0.25, 0.3) is 0 Å². The van der Waals surface area contributed by atoms with Gasteiger partial charge in [0.2, 0.25) is 0 Å². The SMILES string of the molecule is C1=CNC2=C(C=C1)NC2. The lowest BCUT2D eigenvalue weighted by molar-refractivity contribution is 0.728. The molecule has 0 radical (unpaired) electrons. The average molecular weight is 120 g/mol. The summed E-state index contributed by atoms with van der Waals surface area (Å²) >= 11 is 0. The lowest BCUT2D eigenvalue weighted by Crippen LogP contribution is -2.34. The van der Waals surface area contributed by atoms with Crippen LogP contribution in [0.5, 0.6) is 0 Å². The molecule has 2 aliphatic rings. The molecule has 0 fully saturated rings. The minimum atomic E-state index is 0.976. The van der Waals surface area contributed by atoms with Crippen molar-refractivity contribution >= 4 is 0 Å². The fourth-order valence-electron chi connectivity index (χ4n) is 0.923. The summed E-state index contributed by atoms with van der Waals surface area (Å²) in [5, 5.41) is 6.33. The first-order chi connectivity index (χ1) is 4.47. The van der Waals surface area contributed by atoms with Crippen molar-refractivity contribution in [1.29, 1.82) is 0 Å². The first-order valence-electron chi connectivity index (χ1n) is 3.03. The number of allylic oxidation sites excluding steroid dienone is 3. The molecule has 0 bridgehead atoms. The van der Waals surface area contributed by atoms with Crippen LogP contribution in [0.2, 0.25) is 0 Å². The van der Waals surface area contributed by atoms with E-state index in [2.05, 4.69) is 16.7 Å².